The molecule has 1 N–H and O–H groups in total. The average Bonchev–Trinajstić information content (AvgIpc) is 2.36. The lowest BCUT2D eigenvalue weighted by atomic mass is 10.3. The van der Waals surface area contributed by atoms with E-state index < -0.39 is 17.6 Å². The molecule has 1 rings (SSSR count). The summed E-state index contributed by atoms with van der Waals surface area (Å²) in [6, 6.07) is 2.37. The summed E-state index contributed by atoms with van der Waals surface area (Å²) in [5.74, 6) is -1.50. The lowest BCUT2D eigenvalue weighted by molar-refractivity contribution is 0.0962. The van der Waals surface area contributed by atoms with Crippen LogP contribution in [0, 0.1) is 5.82 Å². The largest absolute Gasteiger partial charge is 0.321 e. The van der Waals surface area contributed by atoms with Gasteiger partial charge in [0.15, 0.2) is 0 Å². The highest BCUT2D eigenvalue weighted by molar-refractivity contribution is 5.93. The van der Waals surface area contributed by atoms with Crippen LogP contribution in [0.2, 0.25) is 0 Å². The summed E-state index contributed by atoms with van der Waals surface area (Å²) in [7, 11) is 0. The van der Waals surface area contributed by atoms with Crippen LogP contribution in [0.15, 0.2) is 54.7 Å². The van der Waals surface area contributed by atoms with Gasteiger partial charge in [-0.15, -0.1) is 0 Å². The van der Waals surface area contributed by atoms with Gasteiger partial charge in [-0.2, -0.15) is 0 Å². The van der Waals surface area contributed by atoms with Gasteiger partial charge in [-0.1, -0.05) is 12.7 Å². The minimum atomic E-state index is -0.537. The van der Waals surface area contributed by atoms with Gasteiger partial charge in [0.2, 0.25) is 0 Å². The van der Waals surface area contributed by atoms with Crippen LogP contribution in [-0.2, 0) is 0 Å². The standard InChI is InChI=1S/C13H12F2N2O/c1-3-10(14)5-4-9(2)17-13(18)12-7-6-11(15)8-16-12/h3-8H,2H2,1H3,(H,17,18)/b5-4-,10-3+. The molecule has 0 fully saturated rings. The van der Waals surface area contributed by atoms with E-state index in [9.17, 15) is 13.6 Å². The second-order valence-corrected chi connectivity index (χ2v) is 3.35. The van der Waals surface area contributed by atoms with Crippen molar-refractivity contribution in [3.8, 4) is 0 Å². The molecule has 1 aromatic heterocycles. The number of allylic oxidation sites excluding steroid dienone is 4. The number of nitrogens with zero attached hydrogens (tertiary/aromatic N) is 1. The van der Waals surface area contributed by atoms with E-state index in [-0.39, 0.29) is 11.4 Å². The maximum atomic E-state index is 12.8. The Morgan fingerprint density at radius 2 is 2.17 bits per heavy atom. The van der Waals surface area contributed by atoms with E-state index in [0.29, 0.717) is 0 Å². The molecule has 0 bridgehead atoms. The van der Waals surface area contributed by atoms with E-state index in [0.717, 1.165) is 12.3 Å². The van der Waals surface area contributed by atoms with Crippen molar-refractivity contribution in [2.45, 2.75) is 6.92 Å². The van der Waals surface area contributed by atoms with Crippen molar-refractivity contribution in [1.29, 1.82) is 0 Å². The Bertz CT molecular complexity index is 504. The molecular formula is C13H12F2N2O. The second-order valence-electron chi connectivity index (χ2n) is 3.35. The molecule has 1 aromatic rings. The Labute approximate surface area is 104 Å². The average molecular weight is 250 g/mol. The fraction of sp³-hybridized carbons (Fsp3) is 0.0769. The zero-order valence-electron chi connectivity index (χ0n) is 9.78. The van der Waals surface area contributed by atoms with Crippen LogP contribution in [0.1, 0.15) is 17.4 Å². The Morgan fingerprint density at radius 1 is 1.44 bits per heavy atom. The fourth-order valence-corrected chi connectivity index (χ4v) is 1.04. The molecule has 0 aliphatic carbocycles. The first-order valence-corrected chi connectivity index (χ1v) is 5.14. The van der Waals surface area contributed by atoms with Crippen molar-refractivity contribution in [3.63, 3.8) is 0 Å². The third kappa shape index (κ3) is 4.29. The molecule has 1 amide bonds. The molecule has 0 aliphatic heterocycles. The molecule has 0 aromatic carbocycles. The minimum Gasteiger partial charge on any atom is -0.321 e. The minimum absolute atomic E-state index is 0.0532. The van der Waals surface area contributed by atoms with Crippen LogP contribution in [0.4, 0.5) is 8.78 Å². The summed E-state index contributed by atoms with van der Waals surface area (Å²) in [4.78, 5) is 15.2. The number of hydrogen-bond acceptors (Lipinski definition) is 2. The number of carbonyl (C=O) groups excluding carboxylic acids is 1. The van der Waals surface area contributed by atoms with E-state index >= 15 is 0 Å². The smallest absolute Gasteiger partial charge is 0.274 e. The number of hydrogen-bond donors (Lipinski definition) is 1. The third-order valence-corrected chi connectivity index (χ3v) is 1.95. The van der Waals surface area contributed by atoms with Gasteiger partial charge in [0.05, 0.1) is 6.20 Å². The van der Waals surface area contributed by atoms with E-state index in [1.165, 1.54) is 24.3 Å². The van der Waals surface area contributed by atoms with Crippen LogP contribution >= 0.6 is 0 Å². The quantitative estimate of drug-likeness (QED) is 0.835. The SMILES string of the molecule is C=C(/C=C\C(F)=C/C)NC(=O)c1ccc(F)cn1. The van der Waals surface area contributed by atoms with Crippen LogP contribution < -0.4 is 5.32 Å². The van der Waals surface area contributed by atoms with Gasteiger partial charge in [-0.3, -0.25) is 4.79 Å². The van der Waals surface area contributed by atoms with E-state index in [1.807, 2.05) is 0 Å². The van der Waals surface area contributed by atoms with Gasteiger partial charge >= 0.3 is 0 Å². The van der Waals surface area contributed by atoms with Gasteiger partial charge in [-0.25, -0.2) is 13.8 Å². The molecule has 0 radical (unpaired) electrons. The third-order valence-electron chi connectivity index (χ3n) is 1.95. The summed E-state index contributed by atoms with van der Waals surface area (Å²) in [6.07, 6.45) is 4.69. The zero-order valence-corrected chi connectivity index (χ0v) is 9.78. The molecule has 94 valence electrons. The predicted molar refractivity (Wildman–Crippen MR) is 64.8 cm³/mol. The van der Waals surface area contributed by atoms with Gasteiger partial charge in [-0.05, 0) is 31.2 Å². The molecular weight excluding hydrogens is 238 g/mol. The Balaban J connectivity index is 2.63. The number of carbonyl (C=O) groups is 1. The Morgan fingerprint density at radius 3 is 2.72 bits per heavy atom. The molecule has 0 aliphatic rings. The number of halogens is 2. The molecule has 3 nitrogen and oxygen atoms in total. The van der Waals surface area contributed by atoms with Crippen molar-refractivity contribution in [3.05, 3.63) is 66.2 Å². The fourth-order valence-electron chi connectivity index (χ4n) is 1.04. The number of rotatable bonds is 4. The summed E-state index contributed by atoms with van der Waals surface area (Å²) in [5.41, 5.74) is 0.264. The first-order chi connectivity index (χ1) is 8.52. The number of amides is 1. The van der Waals surface area contributed by atoms with Crippen molar-refractivity contribution in [2.75, 3.05) is 0 Å². The van der Waals surface area contributed by atoms with Crippen molar-refractivity contribution < 1.29 is 13.6 Å². The summed E-state index contributed by atoms with van der Waals surface area (Å²) < 4.78 is 25.4. The maximum absolute atomic E-state index is 12.8. The molecule has 1 heterocycles. The number of aromatic nitrogens is 1. The van der Waals surface area contributed by atoms with Crippen molar-refractivity contribution >= 4 is 5.91 Å². The maximum Gasteiger partial charge on any atom is 0.274 e. The van der Waals surface area contributed by atoms with Crippen molar-refractivity contribution in [2.24, 2.45) is 0 Å². The predicted octanol–water partition coefficient (Wildman–Crippen LogP) is 2.89. The highest BCUT2D eigenvalue weighted by atomic mass is 19.1. The van der Waals surface area contributed by atoms with Gasteiger partial charge in [0.1, 0.15) is 17.3 Å². The molecule has 0 saturated carbocycles. The lowest BCUT2D eigenvalue weighted by Crippen LogP contribution is -2.22. The second kappa shape index (κ2) is 6.44. The lowest BCUT2D eigenvalue weighted by Gasteiger charge is -2.03. The van der Waals surface area contributed by atoms with Crippen LogP contribution in [0.25, 0.3) is 0 Å². The summed E-state index contributed by atoms with van der Waals surface area (Å²) in [6.45, 7) is 5.07. The summed E-state index contributed by atoms with van der Waals surface area (Å²) in [5, 5.41) is 2.40. The first kappa shape index (κ1) is 13.8. The van der Waals surface area contributed by atoms with E-state index in [2.05, 4.69) is 16.9 Å². The van der Waals surface area contributed by atoms with Crippen LogP contribution in [0.3, 0.4) is 0 Å². The number of pyridine rings is 1. The molecule has 0 spiro atoms. The zero-order chi connectivity index (χ0) is 13.5. The van der Waals surface area contributed by atoms with E-state index in [4.69, 9.17) is 0 Å². The molecule has 18 heavy (non-hydrogen) atoms. The summed E-state index contributed by atoms with van der Waals surface area (Å²) >= 11 is 0. The normalized spacial score (nSPS) is 11.6. The Kier molecular flexibility index (Phi) is 4.92. The van der Waals surface area contributed by atoms with Gasteiger partial charge < -0.3 is 5.32 Å². The topological polar surface area (TPSA) is 42.0 Å². The van der Waals surface area contributed by atoms with Crippen molar-refractivity contribution in [1.82, 2.24) is 10.3 Å². The highest BCUT2D eigenvalue weighted by Crippen LogP contribution is 2.02. The Hall–Kier alpha value is -2.30. The van der Waals surface area contributed by atoms with Gasteiger partial charge in [0, 0.05) is 5.70 Å². The number of nitrogens with one attached hydrogen (secondary N) is 1. The first-order valence-electron chi connectivity index (χ1n) is 5.14. The monoisotopic (exact) mass is 250 g/mol. The molecule has 0 unspecified atom stereocenters. The molecule has 0 atom stereocenters. The van der Waals surface area contributed by atoms with Gasteiger partial charge in [0.25, 0.3) is 5.91 Å². The van der Waals surface area contributed by atoms with Crippen LogP contribution in [0.5, 0.6) is 0 Å². The van der Waals surface area contributed by atoms with Crippen LogP contribution in [-0.4, -0.2) is 10.9 Å². The van der Waals surface area contributed by atoms with E-state index in [1.54, 1.807) is 6.92 Å². The molecule has 5 heteroatoms. The highest BCUT2D eigenvalue weighted by Gasteiger charge is 2.06. The molecule has 0 saturated heterocycles.